The minimum atomic E-state index is -0.202. The van der Waals surface area contributed by atoms with Crippen LogP contribution in [-0.2, 0) is 18.0 Å². The van der Waals surface area contributed by atoms with Gasteiger partial charge in [0.05, 0.1) is 19.3 Å². The lowest BCUT2D eigenvalue weighted by Crippen LogP contribution is -2.29. The molecular formula is C16H17FN2O. The molecule has 0 bridgehead atoms. The summed E-state index contributed by atoms with van der Waals surface area (Å²) in [6.07, 6.45) is 0. The van der Waals surface area contributed by atoms with E-state index in [-0.39, 0.29) is 11.9 Å². The Morgan fingerprint density at radius 3 is 2.55 bits per heavy atom. The predicted molar refractivity (Wildman–Crippen MR) is 75.2 cm³/mol. The van der Waals surface area contributed by atoms with E-state index in [2.05, 4.69) is 17.6 Å². The molecule has 2 aromatic rings. The molecule has 1 heterocycles. The second-order valence-corrected chi connectivity index (χ2v) is 5.13. The predicted octanol–water partition coefficient (Wildman–Crippen LogP) is 2.72. The molecule has 3 N–H and O–H groups in total. The van der Waals surface area contributed by atoms with Crippen LogP contribution in [0.4, 0.5) is 4.39 Å². The molecule has 1 unspecified atom stereocenters. The van der Waals surface area contributed by atoms with E-state index in [4.69, 9.17) is 10.6 Å². The summed E-state index contributed by atoms with van der Waals surface area (Å²) in [6, 6.07) is 11.1. The lowest BCUT2D eigenvalue weighted by molar-refractivity contribution is 0.134. The summed E-state index contributed by atoms with van der Waals surface area (Å²) in [5.41, 5.74) is 7.85. The highest BCUT2D eigenvalue weighted by molar-refractivity contribution is 5.39. The molecule has 0 spiro atoms. The van der Waals surface area contributed by atoms with Gasteiger partial charge in [-0.2, -0.15) is 0 Å². The summed E-state index contributed by atoms with van der Waals surface area (Å²) in [5, 5.41) is 0. The first kappa shape index (κ1) is 13.2. The summed E-state index contributed by atoms with van der Waals surface area (Å²) in [7, 11) is 0. The molecule has 0 aliphatic carbocycles. The summed E-state index contributed by atoms with van der Waals surface area (Å²) in [6.45, 7) is 3.07. The molecule has 2 aromatic carbocycles. The van der Waals surface area contributed by atoms with Gasteiger partial charge < -0.3 is 4.74 Å². The van der Waals surface area contributed by atoms with Crippen molar-refractivity contribution in [3.8, 4) is 0 Å². The van der Waals surface area contributed by atoms with Gasteiger partial charge in [-0.25, -0.2) is 9.82 Å². The molecule has 3 nitrogen and oxygen atoms in total. The first-order valence-electron chi connectivity index (χ1n) is 6.60. The van der Waals surface area contributed by atoms with Gasteiger partial charge in [0.2, 0.25) is 0 Å². The maximum atomic E-state index is 13.4. The van der Waals surface area contributed by atoms with E-state index in [1.165, 1.54) is 17.2 Å². The molecule has 20 heavy (non-hydrogen) atoms. The van der Waals surface area contributed by atoms with Gasteiger partial charge in [0.25, 0.3) is 0 Å². The molecule has 3 rings (SSSR count). The van der Waals surface area contributed by atoms with Crippen LogP contribution in [0.3, 0.4) is 0 Å². The fourth-order valence-corrected chi connectivity index (χ4v) is 2.60. The number of benzene rings is 2. The fourth-order valence-electron chi connectivity index (χ4n) is 2.60. The molecule has 1 atom stereocenters. The number of hydrogen-bond donors (Lipinski definition) is 2. The molecule has 4 heteroatoms. The highest BCUT2D eigenvalue weighted by atomic mass is 19.1. The Morgan fingerprint density at radius 2 is 1.80 bits per heavy atom. The van der Waals surface area contributed by atoms with Crippen molar-refractivity contribution in [3.05, 3.63) is 70.0 Å². The van der Waals surface area contributed by atoms with Crippen LogP contribution in [0.15, 0.2) is 36.4 Å². The number of fused-ring (bicyclic) bond motifs is 1. The van der Waals surface area contributed by atoms with Crippen molar-refractivity contribution in [1.29, 1.82) is 0 Å². The Balaban J connectivity index is 1.98. The van der Waals surface area contributed by atoms with E-state index in [0.717, 1.165) is 11.1 Å². The number of hydrogen-bond acceptors (Lipinski definition) is 3. The van der Waals surface area contributed by atoms with Crippen LogP contribution >= 0.6 is 0 Å². The fraction of sp³-hybridized carbons (Fsp3) is 0.250. The van der Waals surface area contributed by atoms with Gasteiger partial charge in [0.15, 0.2) is 0 Å². The number of hydrazine groups is 1. The third kappa shape index (κ3) is 2.33. The van der Waals surface area contributed by atoms with Crippen molar-refractivity contribution in [2.45, 2.75) is 26.2 Å². The van der Waals surface area contributed by atoms with Gasteiger partial charge in [-0.3, -0.25) is 5.84 Å². The second-order valence-electron chi connectivity index (χ2n) is 5.13. The topological polar surface area (TPSA) is 47.3 Å². The van der Waals surface area contributed by atoms with Crippen molar-refractivity contribution in [2.75, 3.05) is 0 Å². The molecule has 0 saturated heterocycles. The largest absolute Gasteiger partial charge is 0.372 e. The van der Waals surface area contributed by atoms with Gasteiger partial charge in [0.1, 0.15) is 5.82 Å². The first-order valence-corrected chi connectivity index (χ1v) is 6.60. The van der Waals surface area contributed by atoms with Gasteiger partial charge in [-0.05, 0) is 40.8 Å². The van der Waals surface area contributed by atoms with Crippen LogP contribution in [0.5, 0.6) is 0 Å². The molecule has 0 radical (unpaired) electrons. The van der Waals surface area contributed by atoms with E-state index in [9.17, 15) is 4.39 Å². The third-order valence-corrected chi connectivity index (χ3v) is 3.76. The second kappa shape index (κ2) is 5.32. The van der Waals surface area contributed by atoms with Gasteiger partial charge in [0, 0.05) is 0 Å². The van der Waals surface area contributed by atoms with Crippen LogP contribution in [0.25, 0.3) is 0 Å². The Labute approximate surface area is 117 Å². The SMILES string of the molecule is Cc1cc(C(NN)c2ccc3c(c2)COC3)ccc1F. The van der Waals surface area contributed by atoms with Crippen LogP contribution in [0.2, 0.25) is 0 Å². The lowest BCUT2D eigenvalue weighted by atomic mass is 9.95. The smallest absolute Gasteiger partial charge is 0.126 e. The zero-order chi connectivity index (χ0) is 14.1. The number of halogens is 1. The van der Waals surface area contributed by atoms with Crippen molar-refractivity contribution >= 4 is 0 Å². The zero-order valence-corrected chi connectivity index (χ0v) is 11.3. The highest BCUT2D eigenvalue weighted by Crippen LogP contribution is 2.27. The number of rotatable bonds is 3. The molecule has 0 aromatic heterocycles. The molecule has 104 valence electrons. The minimum Gasteiger partial charge on any atom is -0.372 e. The first-order chi connectivity index (χ1) is 9.69. The number of nitrogens with two attached hydrogens (primary N) is 1. The molecule has 1 aliphatic heterocycles. The number of ether oxygens (including phenoxy) is 1. The highest BCUT2D eigenvalue weighted by Gasteiger charge is 2.17. The maximum absolute atomic E-state index is 13.4. The molecule has 0 fully saturated rings. The summed E-state index contributed by atoms with van der Waals surface area (Å²) in [4.78, 5) is 0. The van der Waals surface area contributed by atoms with E-state index in [1.807, 2.05) is 12.1 Å². The minimum absolute atomic E-state index is 0.153. The quantitative estimate of drug-likeness (QED) is 0.667. The molecule has 0 saturated carbocycles. The van der Waals surface area contributed by atoms with Gasteiger partial charge in [-0.15, -0.1) is 0 Å². The molecular weight excluding hydrogens is 255 g/mol. The van der Waals surface area contributed by atoms with Crippen LogP contribution in [0.1, 0.15) is 33.9 Å². The monoisotopic (exact) mass is 272 g/mol. The summed E-state index contributed by atoms with van der Waals surface area (Å²) >= 11 is 0. The van der Waals surface area contributed by atoms with Crippen LogP contribution < -0.4 is 11.3 Å². The standard InChI is InChI=1S/C16H17FN2O/c1-10-6-11(4-5-15(10)17)16(19-18)12-2-3-13-8-20-9-14(13)7-12/h2-7,16,19H,8-9,18H2,1H3. The van der Waals surface area contributed by atoms with Gasteiger partial charge >= 0.3 is 0 Å². The van der Waals surface area contributed by atoms with E-state index in [0.29, 0.717) is 18.8 Å². The van der Waals surface area contributed by atoms with Crippen molar-refractivity contribution in [1.82, 2.24) is 5.43 Å². The maximum Gasteiger partial charge on any atom is 0.126 e. The van der Waals surface area contributed by atoms with Gasteiger partial charge in [-0.1, -0.05) is 30.3 Å². The third-order valence-electron chi connectivity index (χ3n) is 3.76. The summed E-state index contributed by atoms with van der Waals surface area (Å²) < 4.78 is 18.8. The van der Waals surface area contributed by atoms with Crippen LogP contribution in [-0.4, -0.2) is 0 Å². The Hall–Kier alpha value is -1.75. The van der Waals surface area contributed by atoms with Crippen molar-refractivity contribution < 1.29 is 9.13 Å². The van der Waals surface area contributed by atoms with Crippen molar-refractivity contribution in [3.63, 3.8) is 0 Å². The van der Waals surface area contributed by atoms with Crippen molar-refractivity contribution in [2.24, 2.45) is 5.84 Å². The molecule has 0 amide bonds. The average Bonchev–Trinajstić information content (AvgIpc) is 2.91. The number of nitrogens with one attached hydrogen (secondary N) is 1. The lowest BCUT2D eigenvalue weighted by Gasteiger charge is -2.18. The average molecular weight is 272 g/mol. The van der Waals surface area contributed by atoms with Crippen LogP contribution in [0, 0.1) is 12.7 Å². The Morgan fingerprint density at radius 1 is 1.10 bits per heavy atom. The van der Waals surface area contributed by atoms with E-state index < -0.39 is 0 Å². The normalized spacial score (nSPS) is 15.2. The Kier molecular flexibility index (Phi) is 3.53. The van der Waals surface area contributed by atoms with E-state index >= 15 is 0 Å². The zero-order valence-electron chi connectivity index (χ0n) is 11.3. The Bertz CT molecular complexity index is 642. The summed E-state index contributed by atoms with van der Waals surface area (Å²) in [5.74, 6) is 5.49. The number of aryl methyl sites for hydroxylation is 1. The molecule has 1 aliphatic rings. The van der Waals surface area contributed by atoms with E-state index in [1.54, 1.807) is 13.0 Å².